The highest BCUT2D eigenvalue weighted by Crippen LogP contribution is 2.23. The minimum Gasteiger partial charge on any atom is -0.379 e. The summed E-state index contributed by atoms with van der Waals surface area (Å²) in [6.45, 7) is 9.54. The average Bonchev–Trinajstić information content (AvgIpc) is 2.77. The molecule has 1 saturated heterocycles. The lowest BCUT2D eigenvalue weighted by Crippen LogP contribution is -2.36. The quantitative estimate of drug-likeness (QED) is 0.926. The highest BCUT2D eigenvalue weighted by atomic mass is 16.5. The average molecular weight is 272 g/mol. The second-order valence-corrected chi connectivity index (χ2v) is 5.84. The number of benzene rings is 1. The minimum absolute atomic E-state index is 0.894. The molecule has 0 bridgehead atoms. The van der Waals surface area contributed by atoms with Crippen LogP contribution in [-0.4, -0.2) is 42.7 Å². The van der Waals surface area contributed by atoms with E-state index in [-0.39, 0.29) is 0 Å². The predicted molar refractivity (Wildman–Crippen MR) is 83.4 cm³/mol. The summed E-state index contributed by atoms with van der Waals surface area (Å²) in [6.07, 6.45) is 2.35. The first-order chi connectivity index (χ1) is 9.74. The maximum Gasteiger partial charge on any atom is 0.0594 e. The van der Waals surface area contributed by atoms with Crippen LogP contribution in [0.3, 0.4) is 0 Å². The Kier molecular flexibility index (Phi) is 4.08. The molecular weight excluding hydrogens is 248 g/mol. The van der Waals surface area contributed by atoms with Crippen molar-refractivity contribution in [3.8, 4) is 0 Å². The number of aryl methyl sites for hydroxylation is 3. The Morgan fingerprint density at radius 3 is 2.80 bits per heavy atom. The van der Waals surface area contributed by atoms with E-state index in [2.05, 4.69) is 41.9 Å². The predicted octanol–water partition coefficient (Wildman–Crippen LogP) is 3.05. The van der Waals surface area contributed by atoms with Gasteiger partial charge in [-0.3, -0.25) is 4.90 Å². The fraction of sp³-hybridized carbons (Fsp3) is 0.529. The van der Waals surface area contributed by atoms with Crippen molar-refractivity contribution >= 4 is 10.9 Å². The van der Waals surface area contributed by atoms with Crippen LogP contribution in [0.1, 0.15) is 23.2 Å². The van der Waals surface area contributed by atoms with Crippen molar-refractivity contribution in [1.29, 1.82) is 0 Å². The zero-order chi connectivity index (χ0) is 13.9. The zero-order valence-corrected chi connectivity index (χ0v) is 12.5. The van der Waals surface area contributed by atoms with Crippen LogP contribution in [0.25, 0.3) is 10.9 Å². The number of nitrogens with one attached hydrogen (secondary N) is 1. The van der Waals surface area contributed by atoms with E-state index in [4.69, 9.17) is 4.74 Å². The number of rotatable bonds is 4. The van der Waals surface area contributed by atoms with E-state index in [0.717, 1.165) is 32.7 Å². The lowest BCUT2D eigenvalue weighted by Gasteiger charge is -2.26. The molecule has 0 amide bonds. The molecule has 2 aromatic rings. The van der Waals surface area contributed by atoms with Crippen LogP contribution in [0.2, 0.25) is 0 Å². The molecule has 20 heavy (non-hydrogen) atoms. The molecule has 2 heterocycles. The number of nitrogens with zero attached hydrogens (tertiary/aromatic N) is 1. The van der Waals surface area contributed by atoms with E-state index in [1.165, 1.54) is 40.7 Å². The third-order valence-electron chi connectivity index (χ3n) is 4.32. The molecule has 3 nitrogen and oxygen atoms in total. The van der Waals surface area contributed by atoms with Crippen molar-refractivity contribution in [3.63, 3.8) is 0 Å². The summed E-state index contributed by atoms with van der Waals surface area (Å²) in [6, 6.07) is 6.66. The molecule has 0 aliphatic carbocycles. The number of fused-ring (bicyclic) bond motifs is 1. The van der Waals surface area contributed by atoms with Crippen molar-refractivity contribution in [1.82, 2.24) is 9.88 Å². The van der Waals surface area contributed by atoms with Gasteiger partial charge in [-0.2, -0.15) is 0 Å². The van der Waals surface area contributed by atoms with Crippen molar-refractivity contribution < 1.29 is 4.74 Å². The summed E-state index contributed by atoms with van der Waals surface area (Å²) in [5, 5.41) is 1.38. The highest BCUT2D eigenvalue weighted by Gasteiger charge is 2.11. The number of ether oxygens (including phenoxy) is 1. The summed E-state index contributed by atoms with van der Waals surface area (Å²) in [5.74, 6) is 0. The van der Waals surface area contributed by atoms with Crippen LogP contribution in [0, 0.1) is 13.8 Å². The van der Waals surface area contributed by atoms with Gasteiger partial charge in [0.25, 0.3) is 0 Å². The van der Waals surface area contributed by atoms with Gasteiger partial charge in [-0.25, -0.2) is 0 Å². The van der Waals surface area contributed by atoms with Gasteiger partial charge < -0.3 is 9.72 Å². The molecule has 1 aromatic carbocycles. The number of hydrogen-bond donors (Lipinski definition) is 1. The van der Waals surface area contributed by atoms with Crippen molar-refractivity contribution in [2.75, 3.05) is 32.8 Å². The molecule has 0 unspecified atom stereocenters. The Morgan fingerprint density at radius 2 is 2.00 bits per heavy atom. The van der Waals surface area contributed by atoms with Gasteiger partial charge in [0.05, 0.1) is 13.2 Å². The van der Waals surface area contributed by atoms with Gasteiger partial charge in [-0.15, -0.1) is 0 Å². The molecular formula is C17H24N2O. The number of aromatic amines is 1. The first kappa shape index (κ1) is 13.7. The van der Waals surface area contributed by atoms with E-state index in [9.17, 15) is 0 Å². The molecule has 1 aromatic heterocycles. The second kappa shape index (κ2) is 5.98. The fourth-order valence-corrected chi connectivity index (χ4v) is 3.05. The van der Waals surface area contributed by atoms with Gasteiger partial charge in [0.2, 0.25) is 0 Å². The number of H-pyrrole nitrogens is 1. The molecule has 0 radical (unpaired) electrons. The van der Waals surface area contributed by atoms with E-state index < -0.39 is 0 Å². The van der Waals surface area contributed by atoms with Crippen LogP contribution in [-0.2, 0) is 11.2 Å². The van der Waals surface area contributed by atoms with Crippen LogP contribution < -0.4 is 0 Å². The Labute approximate surface area is 120 Å². The molecule has 1 aliphatic rings. The monoisotopic (exact) mass is 272 g/mol. The summed E-state index contributed by atoms with van der Waals surface area (Å²) >= 11 is 0. The Balaban J connectivity index is 1.63. The molecule has 0 atom stereocenters. The van der Waals surface area contributed by atoms with Gasteiger partial charge in [0.1, 0.15) is 0 Å². The molecule has 108 valence electrons. The van der Waals surface area contributed by atoms with Gasteiger partial charge in [0.15, 0.2) is 0 Å². The number of morpholine rings is 1. The van der Waals surface area contributed by atoms with Crippen LogP contribution >= 0.6 is 0 Å². The summed E-state index contributed by atoms with van der Waals surface area (Å²) < 4.78 is 5.39. The summed E-state index contributed by atoms with van der Waals surface area (Å²) in [5.41, 5.74) is 5.43. The van der Waals surface area contributed by atoms with Crippen molar-refractivity contribution in [3.05, 3.63) is 35.0 Å². The third-order valence-corrected chi connectivity index (χ3v) is 4.32. The third kappa shape index (κ3) is 2.89. The largest absolute Gasteiger partial charge is 0.379 e. The van der Waals surface area contributed by atoms with Crippen LogP contribution in [0.15, 0.2) is 18.2 Å². The molecule has 3 rings (SSSR count). The van der Waals surface area contributed by atoms with Gasteiger partial charge in [-0.05, 0) is 50.9 Å². The smallest absolute Gasteiger partial charge is 0.0594 e. The molecule has 1 N–H and O–H groups in total. The molecule has 0 saturated carbocycles. The Hall–Kier alpha value is -1.32. The normalized spacial score (nSPS) is 16.9. The number of aromatic nitrogens is 1. The van der Waals surface area contributed by atoms with Crippen LogP contribution in [0.5, 0.6) is 0 Å². The van der Waals surface area contributed by atoms with Crippen molar-refractivity contribution in [2.45, 2.75) is 26.7 Å². The number of hydrogen-bond acceptors (Lipinski definition) is 2. The molecule has 3 heteroatoms. The maximum absolute atomic E-state index is 5.39. The minimum atomic E-state index is 0.894. The van der Waals surface area contributed by atoms with E-state index in [1.54, 1.807) is 0 Å². The van der Waals surface area contributed by atoms with E-state index in [0.29, 0.717) is 0 Å². The van der Waals surface area contributed by atoms with Gasteiger partial charge in [-0.1, -0.05) is 11.6 Å². The highest BCUT2D eigenvalue weighted by molar-refractivity contribution is 5.85. The van der Waals surface area contributed by atoms with E-state index in [1.807, 2.05) is 0 Å². The van der Waals surface area contributed by atoms with E-state index >= 15 is 0 Å². The first-order valence-corrected chi connectivity index (χ1v) is 7.62. The lowest BCUT2D eigenvalue weighted by atomic mass is 10.1. The zero-order valence-electron chi connectivity index (χ0n) is 12.5. The maximum atomic E-state index is 5.39. The van der Waals surface area contributed by atoms with Gasteiger partial charge >= 0.3 is 0 Å². The Morgan fingerprint density at radius 1 is 1.20 bits per heavy atom. The first-order valence-electron chi connectivity index (χ1n) is 7.62. The van der Waals surface area contributed by atoms with Crippen LogP contribution in [0.4, 0.5) is 0 Å². The van der Waals surface area contributed by atoms with Gasteiger partial charge in [0, 0.05) is 29.7 Å². The molecule has 1 aliphatic heterocycles. The fourth-order valence-electron chi connectivity index (χ4n) is 3.05. The SMILES string of the molecule is Cc1ccc2[nH]c(CCCN3CCOCC3)c(C)c2c1. The summed E-state index contributed by atoms with van der Waals surface area (Å²) in [7, 11) is 0. The molecule has 0 spiro atoms. The topological polar surface area (TPSA) is 28.3 Å². The standard InChI is InChI=1S/C17H24N2O/c1-13-5-6-17-15(12-13)14(2)16(18-17)4-3-7-19-8-10-20-11-9-19/h5-6,12,18H,3-4,7-11H2,1-2H3. The molecule has 1 fully saturated rings. The summed E-state index contributed by atoms with van der Waals surface area (Å²) in [4.78, 5) is 6.09. The van der Waals surface area contributed by atoms with Crippen molar-refractivity contribution in [2.24, 2.45) is 0 Å². The second-order valence-electron chi connectivity index (χ2n) is 5.84. The Bertz CT molecular complexity index is 582. The lowest BCUT2D eigenvalue weighted by molar-refractivity contribution is 0.0374.